The van der Waals surface area contributed by atoms with E-state index in [1.165, 1.54) is 12.0 Å². The topological polar surface area (TPSA) is 41.6 Å². The quantitative estimate of drug-likeness (QED) is 0.787. The molecule has 1 fully saturated rings. The Balaban J connectivity index is 1.63. The highest BCUT2D eigenvalue weighted by molar-refractivity contribution is 5.76. The minimum Gasteiger partial charge on any atom is -0.496 e. The Bertz CT molecular complexity index is 476. The Morgan fingerprint density at radius 2 is 2.18 bits per heavy atom. The number of amides is 1. The Morgan fingerprint density at radius 3 is 2.95 bits per heavy atom. The fourth-order valence-corrected chi connectivity index (χ4v) is 3.03. The van der Waals surface area contributed by atoms with Gasteiger partial charge in [0, 0.05) is 26.1 Å². The summed E-state index contributed by atoms with van der Waals surface area (Å²) < 4.78 is 5.34. The molecule has 0 bridgehead atoms. The van der Waals surface area contributed by atoms with Crippen molar-refractivity contribution in [1.29, 1.82) is 0 Å². The lowest BCUT2D eigenvalue weighted by Gasteiger charge is -2.31. The van der Waals surface area contributed by atoms with Gasteiger partial charge in [0.1, 0.15) is 5.75 Å². The Hall–Kier alpha value is -1.55. The highest BCUT2D eigenvalue weighted by Gasteiger charge is 2.20. The number of nitrogens with one attached hydrogen (secondary N) is 1. The number of rotatable bonds is 7. The van der Waals surface area contributed by atoms with Gasteiger partial charge in [-0.3, -0.25) is 4.79 Å². The minimum atomic E-state index is 0.288. The van der Waals surface area contributed by atoms with E-state index in [2.05, 4.69) is 18.3 Å². The summed E-state index contributed by atoms with van der Waals surface area (Å²) in [5.41, 5.74) is 1.20. The maximum Gasteiger partial charge on any atom is 0.223 e. The number of hydrogen-bond donors (Lipinski definition) is 1. The van der Waals surface area contributed by atoms with E-state index < -0.39 is 0 Å². The van der Waals surface area contributed by atoms with Crippen LogP contribution in [0.2, 0.25) is 0 Å². The van der Waals surface area contributed by atoms with Crippen LogP contribution in [0.4, 0.5) is 0 Å². The van der Waals surface area contributed by atoms with Gasteiger partial charge in [0.05, 0.1) is 7.11 Å². The van der Waals surface area contributed by atoms with Gasteiger partial charge >= 0.3 is 0 Å². The smallest absolute Gasteiger partial charge is 0.223 e. The molecule has 2 rings (SSSR count). The molecule has 0 aliphatic carbocycles. The third-order valence-electron chi connectivity index (χ3n) is 4.29. The molecule has 4 heteroatoms. The normalized spacial score (nSPS) is 18.3. The van der Waals surface area contributed by atoms with E-state index in [0.717, 1.165) is 44.8 Å². The predicted molar refractivity (Wildman–Crippen MR) is 89.2 cm³/mol. The molecule has 0 aromatic heterocycles. The van der Waals surface area contributed by atoms with Crippen LogP contribution in [0, 0.1) is 5.92 Å². The lowest BCUT2D eigenvalue weighted by atomic mass is 10.00. The van der Waals surface area contributed by atoms with Crippen molar-refractivity contribution in [1.82, 2.24) is 10.2 Å². The molecule has 1 unspecified atom stereocenters. The monoisotopic (exact) mass is 304 g/mol. The van der Waals surface area contributed by atoms with Gasteiger partial charge in [-0.05, 0) is 43.4 Å². The summed E-state index contributed by atoms with van der Waals surface area (Å²) in [6, 6.07) is 8.07. The molecule has 1 aromatic carbocycles. The zero-order chi connectivity index (χ0) is 15.8. The molecule has 1 aliphatic heterocycles. The van der Waals surface area contributed by atoms with E-state index in [4.69, 9.17) is 4.74 Å². The highest BCUT2D eigenvalue weighted by Crippen LogP contribution is 2.17. The van der Waals surface area contributed by atoms with E-state index >= 15 is 0 Å². The highest BCUT2D eigenvalue weighted by atomic mass is 16.5. The van der Waals surface area contributed by atoms with Crippen molar-refractivity contribution < 1.29 is 9.53 Å². The Kier molecular flexibility index (Phi) is 6.72. The molecule has 0 radical (unpaired) electrons. The first kappa shape index (κ1) is 16.8. The number of piperidine rings is 1. The van der Waals surface area contributed by atoms with Crippen LogP contribution < -0.4 is 10.1 Å². The Labute approximate surface area is 133 Å². The van der Waals surface area contributed by atoms with Crippen LogP contribution in [0.1, 0.15) is 31.7 Å². The lowest BCUT2D eigenvalue weighted by molar-refractivity contribution is -0.132. The number of hydrogen-bond acceptors (Lipinski definition) is 3. The third-order valence-corrected chi connectivity index (χ3v) is 4.29. The van der Waals surface area contributed by atoms with Gasteiger partial charge in [-0.1, -0.05) is 25.1 Å². The van der Waals surface area contributed by atoms with E-state index in [1.807, 2.05) is 23.1 Å². The van der Waals surface area contributed by atoms with Crippen LogP contribution in [0.3, 0.4) is 0 Å². The first-order valence-corrected chi connectivity index (χ1v) is 8.31. The summed E-state index contributed by atoms with van der Waals surface area (Å²) in [6.07, 6.45) is 3.91. The largest absolute Gasteiger partial charge is 0.496 e. The molecule has 0 spiro atoms. The first-order chi connectivity index (χ1) is 10.7. The summed E-state index contributed by atoms with van der Waals surface area (Å²) in [5, 5.41) is 3.36. The average Bonchev–Trinajstić information content (AvgIpc) is 2.54. The maximum absolute atomic E-state index is 12.1. The van der Waals surface area contributed by atoms with E-state index in [-0.39, 0.29) is 5.91 Å². The van der Waals surface area contributed by atoms with Crippen LogP contribution in [0.5, 0.6) is 5.75 Å². The van der Waals surface area contributed by atoms with Crippen molar-refractivity contribution >= 4 is 5.91 Å². The number of para-hydroxylation sites is 1. The summed E-state index contributed by atoms with van der Waals surface area (Å²) >= 11 is 0. The maximum atomic E-state index is 12.1. The van der Waals surface area contributed by atoms with Crippen LogP contribution >= 0.6 is 0 Å². The van der Waals surface area contributed by atoms with Gasteiger partial charge in [-0.2, -0.15) is 0 Å². The molecular formula is C18H28N2O2. The van der Waals surface area contributed by atoms with E-state index in [1.54, 1.807) is 7.11 Å². The molecule has 4 nitrogen and oxygen atoms in total. The molecule has 1 aromatic rings. The molecule has 1 heterocycles. The SMILES string of the molecule is COc1ccccc1CCNCCC(=O)N1CCCC(C)C1. The van der Waals surface area contributed by atoms with Crippen molar-refractivity contribution in [2.24, 2.45) is 5.92 Å². The number of methoxy groups -OCH3 is 1. The average molecular weight is 304 g/mol. The number of carbonyl (C=O) groups is 1. The van der Waals surface area contributed by atoms with Crippen molar-refractivity contribution in [3.05, 3.63) is 29.8 Å². The fourth-order valence-electron chi connectivity index (χ4n) is 3.03. The van der Waals surface area contributed by atoms with Crippen LogP contribution in [-0.4, -0.2) is 44.1 Å². The van der Waals surface area contributed by atoms with Crippen LogP contribution in [0.15, 0.2) is 24.3 Å². The second-order valence-electron chi connectivity index (χ2n) is 6.15. The third kappa shape index (κ3) is 5.02. The van der Waals surface area contributed by atoms with Crippen molar-refractivity contribution in [2.45, 2.75) is 32.6 Å². The van der Waals surface area contributed by atoms with Crippen molar-refractivity contribution in [3.63, 3.8) is 0 Å². The summed E-state index contributed by atoms with van der Waals surface area (Å²) in [5.74, 6) is 1.87. The zero-order valence-electron chi connectivity index (χ0n) is 13.8. The molecule has 1 N–H and O–H groups in total. The fraction of sp³-hybridized carbons (Fsp3) is 0.611. The predicted octanol–water partition coefficient (Wildman–Crippen LogP) is 2.48. The van der Waals surface area contributed by atoms with Gasteiger partial charge in [0.2, 0.25) is 5.91 Å². The molecule has 1 atom stereocenters. The standard InChI is InChI=1S/C18H28N2O2/c1-15-6-5-13-20(14-15)18(21)10-12-19-11-9-16-7-3-4-8-17(16)22-2/h3-4,7-8,15,19H,5-6,9-14H2,1-2H3. The summed E-state index contributed by atoms with van der Waals surface area (Å²) in [6.45, 7) is 5.71. The van der Waals surface area contributed by atoms with Crippen LogP contribution in [0.25, 0.3) is 0 Å². The van der Waals surface area contributed by atoms with Gasteiger partial charge in [-0.15, -0.1) is 0 Å². The molecule has 22 heavy (non-hydrogen) atoms. The lowest BCUT2D eigenvalue weighted by Crippen LogP contribution is -2.40. The summed E-state index contributed by atoms with van der Waals surface area (Å²) in [7, 11) is 1.70. The van der Waals surface area contributed by atoms with Crippen molar-refractivity contribution in [2.75, 3.05) is 33.3 Å². The van der Waals surface area contributed by atoms with E-state index in [0.29, 0.717) is 12.3 Å². The van der Waals surface area contributed by atoms with Crippen molar-refractivity contribution in [3.8, 4) is 5.75 Å². The molecule has 1 aliphatic rings. The first-order valence-electron chi connectivity index (χ1n) is 8.31. The zero-order valence-corrected chi connectivity index (χ0v) is 13.8. The molecule has 0 saturated carbocycles. The van der Waals surface area contributed by atoms with Crippen LogP contribution in [-0.2, 0) is 11.2 Å². The number of benzene rings is 1. The number of carbonyl (C=O) groups excluding carboxylic acids is 1. The second-order valence-corrected chi connectivity index (χ2v) is 6.15. The number of ether oxygens (including phenoxy) is 1. The molecule has 122 valence electrons. The molecular weight excluding hydrogens is 276 g/mol. The second kappa shape index (κ2) is 8.79. The van der Waals surface area contributed by atoms with E-state index in [9.17, 15) is 4.79 Å². The molecule has 1 amide bonds. The van der Waals surface area contributed by atoms with Gasteiger partial charge in [0.25, 0.3) is 0 Å². The minimum absolute atomic E-state index is 0.288. The van der Waals surface area contributed by atoms with Gasteiger partial charge in [0.15, 0.2) is 0 Å². The summed E-state index contributed by atoms with van der Waals surface area (Å²) in [4.78, 5) is 14.2. The van der Waals surface area contributed by atoms with Gasteiger partial charge in [-0.25, -0.2) is 0 Å². The number of likely N-dealkylation sites (tertiary alicyclic amines) is 1. The Morgan fingerprint density at radius 1 is 1.36 bits per heavy atom. The number of nitrogens with zero attached hydrogens (tertiary/aromatic N) is 1. The molecule has 1 saturated heterocycles. The van der Waals surface area contributed by atoms with Gasteiger partial charge < -0.3 is 15.0 Å².